The minimum atomic E-state index is 0.0839. The number of pyridine rings is 1. The van der Waals surface area contributed by atoms with Crippen molar-refractivity contribution in [3.8, 4) is 0 Å². The van der Waals surface area contributed by atoms with E-state index < -0.39 is 0 Å². The third-order valence-electron chi connectivity index (χ3n) is 2.60. The molecule has 0 unspecified atom stereocenters. The van der Waals surface area contributed by atoms with Gasteiger partial charge in [0.15, 0.2) is 0 Å². The van der Waals surface area contributed by atoms with Crippen LogP contribution in [0.15, 0.2) is 6.07 Å². The Hall–Kier alpha value is -1.58. The fourth-order valence-corrected chi connectivity index (χ4v) is 2.06. The molecular formula is C13H22N4. The molecule has 3 N–H and O–H groups in total. The van der Waals surface area contributed by atoms with Crippen LogP contribution in [0.4, 0.5) is 5.82 Å². The summed E-state index contributed by atoms with van der Waals surface area (Å²) in [5, 5.41) is 7.67. The zero-order chi connectivity index (χ0) is 13.2. The summed E-state index contributed by atoms with van der Waals surface area (Å²) in [7, 11) is 1.99. The van der Waals surface area contributed by atoms with E-state index in [1.807, 2.05) is 27.0 Å². The lowest BCUT2D eigenvalue weighted by atomic mass is 10.1. The van der Waals surface area contributed by atoms with Crippen molar-refractivity contribution in [3.63, 3.8) is 0 Å². The van der Waals surface area contributed by atoms with Crippen molar-refractivity contribution < 1.29 is 0 Å². The Balaban J connectivity index is 3.25. The molecule has 17 heavy (non-hydrogen) atoms. The summed E-state index contributed by atoms with van der Waals surface area (Å²) in [5.41, 5.74) is 8.37. The van der Waals surface area contributed by atoms with E-state index in [1.165, 1.54) is 0 Å². The third kappa shape index (κ3) is 3.19. The van der Waals surface area contributed by atoms with E-state index in [0.717, 1.165) is 29.2 Å². The largest absolute Gasteiger partial charge is 0.384 e. The Labute approximate surface area is 103 Å². The number of rotatable bonds is 4. The number of hydrogen-bond donors (Lipinski definition) is 2. The molecule has 0 amide bonds. The molecule has 0 aliphatic rings. The van der Waals surface area contributed by atoms with Crippen molar-refractivity contribution in [1.82, 2.24) is 4.98 Å². The first-order chi connectivity index (χ1) is 7.82. The molecular weight excluding hydrogens is 212 g/mol. The molecule has 1 rings (SSSR count). The topological polar surface area (TPSA) is 66.0 Å². The van der Waals surface area contributed by atoms with Gasteiger partial charge < -0.3 is 10.6 Å². The fraction of sp³-hybridized carbons (Fsp3) is 0.538. The van der Waals surface area contributed by atoms with Crippen molar-refractivity contribution in [2.24, 2.45) is 11.7 Å². The smallest absolute Gasteiger partial charge is 0.139 e. The number of nitrogens with one attached hydrogen (secondary N) is 1. The van der Waals surface area contributed by atoms with Crippen molar-refractivity contribution in [2.75, 3.05) is 18.5 Å². The summed E-state index contributed by atoms with van der Waals surface area (Å²) in [4.78, 5) is 6.58. The van der Waals surface area contributed by atoms with Gasteiger partial charge in [0, 0.05) is 19.3 Å². The molecule has 0 saturated carbocycles. The molecule has 0 bridgehead atoms. The molecule has 0 aliphatic heterocycles. The molecule has 1 aromatic rings. The summed E-state index contributed by atoms with van der Waals surface area (Å²) in [6.45, 7) is 9.15. The summed E-state index contributed by atoms with van der Waals surface area (Å²) < 4.78 is 0. The number of aromatic nitrogens is 1. The third-order valence-corrected chi connectivity index (χ3v) is 2.60. The summed E-state index contributed by atoms with van der Waals surface area (Å²) in [5.74, 6) is 1.44. The lowest BCUT2D eigenvalue weighted by molar-refractivity contribution is 0.634. The number of nitrogens with two attached hydrogens (primary N) is 1. The highest BCUT2D eigenvalue weighted by atomic mass is 15.2. The number of hydrogen-bond acceptors (Lipinski definition) is 3. The fourth-order valence-electron chi connectivity index (χ4n) is 2.06. The van der Waals surface area contributed by atoms with Crippen LogP contribution in [0.2, 0.25) is 0 Å². The number of anilines is 1. The van der Waals surface area contributed by atoms with Crippen LogP contribution in [0, 0.1) is 25.2 Å². The highest BCUT2D eigenvalue weighted by Gasteiger charge is 2.15. The van der Waals surface area contributed by atoms with Crippen molar-refractivity contribution in [2.45, 2.75) is 27.7 Å². The van der Waals surface area contributed by atoms with Crippen molar-refractivity contribution in [3.05, 3.63) is 22.9 Å². The molecule has 0 saturated heterocycles. The van der Waals surface area contributed by atoms with E-state index >= 15 is 0 Å². The van der Waals surface area contributed by atoms with Gasteiger partial charge in [-0.05, 0) is 31.4 Å². The maximum absolute atomic E-state index is 7.67. The Morgan fingerprint density at radius 2 is 2.06 bits per heavy atom. The molecule has 4 nitrogen and oxygen atoms in total. The SMILES string of the molecule is Cc1cc(C)c(C(=N)N)c(N(C)CC(C)C)n1. The molecule has 0 aliphatic carbocycles. The highest BCUT2D eigenvalue weighted by molar-refractivity contribution is 6.01. The quantitative estimate of drug-likeness (QED) is 0.619. The molecule has 0 fully saturated rings. The van der Waals surface area contributed by atoms with E-state index in [2.05, 4.69) is 23.7 Å². The van der Waals surface area contributed by atoms with E-state index in [0.29, 0.717) is 5.92 Å². The second-order valence-corrected chi connectivity index (χ2v) is 4.97. The van der Waals surface area contributed by atoms with E-state index in [4.69, 9.17) is 11.1 Å². The minimum Gasteiger partial charge on any atom is -0.384 e. The van der Waals surface area contributed by atoms with Gasteiger partial charge >= 0.3 is 0 Å². The Bertz CT molecular complexity index is 424. The maximum atomic E-state index is 7.67. The first-order valence-electron chi connectivity index (χ1n) is 5.86. The standard InChI is InChI=1S/C13H22N4/c1-8(2)7-17(5)13-11(12(14)15)9(3)6-10(4)16-13/h6,8H,7H2,1-5H3,(H3,14,15). The minimum absolute atomic E-state index is 0.0839. The number of nitrogen functional groups attached to an aromatic ring is 1. The normalized spacial score (nSPS) is 10.7. The Morgan fingerprint density at radius 3 is 2.53 bits per heavy atom. The molecule has 94 valence electrons. The Kier molecular flexibility index (Phi) is 4.10. The maximum Gasteiger partial charge on any atom is 0.139 e. The average Bonchev–Trinajstić information content (AvgIpc) is 2.14. The highest BCUT2D eigenvalue weighted by Crippen LogP contribution is 2.21. The van der Waals surface area contributed by atoms with Gasteiger partial charge in [-0.1, -0.05) is 13.8 Å². The van der Waals surface area contributed by atoms with Crippen molar-refractivity contribution >= 4 is 11.7 Å². The predicted octanol–water partition coefficient (Wildman–Crippen LogP) is 2.07. The van der Waals surface area contributed by atoms with Crippen LogP contribution in [-0.4, -0.2) is 24.4 Å². The molecule has 0 spiro atoms. The van der Waals surface area contributed by atoms with Crippen LogP contribution < -0.4 is 10.6 Å². The van der Waals surface area contributed by atoms with Crippen LogP contribution >= 0.6 is 0 Å². The molecule has 0 aromatic carbocycles. The molecule has 0 radical (unpaired) electrons. The van der Waals surface area contributed by atoms with Gasteiger partial charge in [-0.3, -0.25) is 5.41 Å². The van der Waals surface area contributed by atoms with Crippen LogP contribution in [0.25, 0.3) is 0 Å². The molecule has 1 aromatic heterocycles. The van der Waals surface area contributed by atoms with Crippen molar-refractivity contribution in [1.29, 1.82) is 5.41 Å². The van der Waals surface area contributed by atoms with Gasteiger partial charge in [-0.2, -0.15) is 0 Å². The van der Waals surface area contributed by atoms with Gasteiger partial charge in [0.05, 0.1) is 5.56 Å². The number of amidine groups is 1. The van der Waals surface area contributed by atoms with Gasteiger partial charge in [0.2, 0.25) is 0 Å². The zero-order valence-corrected chi connectivity index (χ0v) is 11.3. The summed E-state index contributed by atoms with van der Waals surface area (Å²) in [6, 6.07) is 1.96. The van der Waals surface area contributed by atoms with E-state index in [-0.39, 0.29) is 5.84 Å². The first kappa shape index (κ1) is 13.5. The number of nitrogens with zero attached hydrogens (tertiary/aromatic N) is 2. The lowest BCUT2D eigenvalue weighted by Gasteiger charge is -2.24. The van der Waals surface area contributed by atoms with Crippen LogP contribution in [0.1, 0.15) is 30.7 Å². The van der Waals surface area contributed by atoms with Gasteiger partial charge in [-0.15, -0.1) is 0 Å². The Morgan fingerprint density at radius 1 is 1.47 bits per heavy atom. The first-order valence-corrected chi connectivity index (χ1v) is 5.86. The average molecular weight is 234 g/mol. The molecule has 1 heterocycles. The zero-order valence-electron chi connectivity index (χ0n) is 11.3. The second-order valence-electron chi connectivity index (χ2n) is 4.97. The molecule has 0 atom stereocenters. The van der Waals surface area contributed by atoms with Crippen LogP contribution in [0.3, 0.4) is 0 Å². The number of aryl methyl sites for hydroxylation is 2. The van der Waals surface area contributed by atoms with E-state index in [9.17, 15) is 0 Å². The van der Waals surface area contributed by atoms with Crippen LogP contribution in [-0.2, 0) is 0 Å². The van der Waals surface area contributed by atoms with Crippen LogP contribution in [0.5, 0.6) is 0 Å². The summed E-state index contributed by atoms with van der Waals surface area (Å²) >= 11 is 0. The molecule has 4 heteroatoms. The lowest BCUT2D eigenvalue weighted by Crippen LogP contribution is -2.28. The van der Waals surface area contributed by atoms with E-state index in [1.54, 1.807) is 0 Å². The summed E-state index contributed by atoms with van der Waals surface area (Å²) in [6.07, 6.45) is 0. The van der Waals surface area contributed by atoms with Gasteiger partial charge in [0.25, 0.3) is 0 Å². The van der Waals surface area contributed by atoms with Gasteiger partial charge in [0.1, 0.15) is 11.7 Å². The predicted molar refractivity (Wildman–Crippen MR) is 72.8 cm³/mol. The van der Waals surface area contributed by atoms with Gasteiger partial charge in [-0.25, -0.2) is 4.98 Å². The monoisotopic (exact) mass is 234 g/mol. The second kappa shape index (κ2) is 5.17.